The highest BCUT2D eigenvalue weighted by Gasteiger charge is 2.53. The second-order valence-electron chi connectivity index (χ2n) is 7.41. The number of methoxy groups -OCH3 is 1. The number of allylic oxidation sites excluding steroid dienone is 2. The zero-order chi connectivity index (χ0) is 20.9. The maximum Gasteiger partial charge on any atom is 0.306 e. The van der Waals surface area contributed by atoms with Crippen molar-refractivity contribution in [3.63, 3.8) is 0 Å². The molecule has 3 heterocycles. The molecular weight excluding hydrogens is 392 g/mol. The quantitative estimate of drug-likeness (QED) is 0.534. The van der Waals surface area contributed by atoms with E-state index in [-0.39, 0.29) is 19.4 Å². The van der Waals surface area contributed by atoms with Gasteiger partial charge in [-0.3, -0.25) is 9.59 Å². The Morgan fingerprint density at radius 3 is 2.20 bits per heavy atom. The van der Waals surface area contributed by atoms with Gasteiger partial charge < -0.3 is 28.4 Å². The van der Waals surface area contributed by atoms with E-state index in [1.807, 2.05) is 42.5 Å². The zero-order valence-electron chi connectivity index (χ0n) is 16.8. The van der Waals surface area contributed by atoms with Gasteiger partial charge in [0.1, 0.15) is 12.2 Å². The molecule has 4 rings (SSSR count). The molecular formula is C22H26O8. The monoisotopic (exact) mass is 418 g/mol. The molecule has 1 unspecified atom stereocenters. The SMILES string of the molecule is CO[C@H]1O[C@@H]2COC(c3ccccc3)O[C@H]2[C@@H]2OC(=O)CCC=CCCC(=O)O[C@@H]12. The van der Waals surface area contributed by atoms with Crippen LogP contribution in [0.15, 0.2) is 42.5 Å². The highest BCUT2D eigenvalue weighted by molar-refractivity contribution is 5.71. The third-order valence-electron chi connectivity index (χ3n) is 5.32. The summed E-state index contributed by atoms with van der Waals surface area (Å²) in [5.41, 5.74) is 0.836. The van der Waals surface area contributed by atoms with E-state index < -0.39 is 48.9 Å². The first-order valence-electron chi connectivity index (χ1n) is 10.2. The molecule has 2 fully saturated rings. The maximum absolute atomic E-state index is 12.5. The van der Waals surface area contributed by atoms with Gasteiger partial charge in [0.25, 0.3) is 0 Å². The van der Waals surface area contributed by atoms with Crippen LogP contribution in [0.3, 0.4) is 0 Å². The summed E-state index contributed by atoms with van der Waals surface area (Å²) in [6, 6.07) is 9.47. The van der Waals surface area contributed by atoms with Crippen LogP contribution in [0.5, 0.6) is 0 Å². The van der Waals surface area contributed by atoms with Crippen LogP contribution in [0, 0.1) is 0 Å². The van der Waals surface area contributed by atoms with Crippen LogP contribution >= 0.6 is 0 Å². The third-order valence-corrected chi connectivity index (χ3v) is 5.32. The summed E-state index contributed by atoms with van der Waals surface area (Å²) < 4.78 is 34.8. The van der Waals surface area contributed by atoms with Crippen molar-refractivity contribution in [1.82, 2.24) is 0 Å². The van der Waals surface area contributed by atoms with Crippen molar-refractivity contribution < 1.29 is 38.0 Å². The first-order chi connectivity index (χ1) is 14.7. The minimum Gasteiger partial charge on any atom is -0.455 e. The molecule has 0 amide bonds. The van der Waals surface area contributed by atoms with Crippen LogP contribution in [0.25, 0.3) is 0 Å². The van der Waals surface area contributed by atoms with Gasteiger partial charge in [-0.05, 0) is 12.8 Å². The van der Waals surface area contributed by atoms with E-state index in [0.29, 0.717) is 12.8 Å². The Balaban J connectivity index is 1.61. The van der Waals surface area contributed by atoms with Gasteiger partial charge in [-0.1, -0.05) is 42.5 Å². The maximum atomic E-state index is 12.5. The van der Waals surface area contributed by atoms with E-state index in [2.05, 4.69) is 0 Å². The number of esters is 2. The van der Waals surface area contributed by atoms with Crippen molar-refractivity contribution >= 4 is 11.9 Å². The predicted molar refractivity (Wildman–Crippen MR) is 103 cm³/mol. The van der Waals surface area contributed by atoms with Crippen molar-refractivity contribution in [2.75, 3.05) is 13.7 Å². The minimum absolute atomic E-state index is 0.217. The average molecular weight is 418 g/mol. The summed E-state index contributed by atoms with van der Waals surface area (Å²) in [6.45, 7) is 0.224. The standard InChI is InChI=1S/C22H26O8/c1-25-22-20-19(28-16(23)11-7-2-3-8-12-17(24)29-20)18-15(27-22)13-26-21(30-18)14-9-5-4-6-10-14/h2-6,9-10,15,18-22H,7-8,11-13H2,1H3/t15-,18-,19+,20-,21?,22+/m1/s1. The van der Waals surface area contributed by atoms with E-state index in [1.54, 1.807) is 0 Å². The number of carbonyl (C=O) groups excluding carboxylic acids is 2. The Kier molecular flexibility index (Phi) is 6.79. The van der Waals surface area contributed by atoms with E-state index in [1.165, 1.54) is 7.11 Å². The van der Waals surface area contributed by atoms with Gasteiger partial charge in [-0.2, -0.15) is 0 Å². The lowest BCUT2D eigenvalue weighted by molar-refractivity contribution is -0.359. The molecule has 8 nitrogen and oxygen atoms in total. The first-order valence-corrected chi connectivity index (χ1v) is 10.2. The number of rotatable bonds is 2. The van der Waals surface area contributed by atoms with Gasteiger partial charge in [0.15, 0.2) is 24.8 Å². The Morgan fingerprint density at radius 2 is 1.53 bits per heavy atom. The smallest absolute Gasteiger partial charge is 0.306 e. The van der Waals surface area contributed by atoms with Crippen molar-refractivity contribution in [1.29, 1.82) is 0 Å². The van der Waals surface area contributed by atoms with Crippen molar-refractivity contribution in [3.8, 4) is 0 Å². The highest BCUT2D eigenvalue weighted by Crippen LogP contribution is 2.37. The molecule has 0 aliphatic carbocycles. The van der Waals surface area contributed by atoms with E-state index in [0.717, 1.165) is 5.56 Å². The van der Waals surface area contributed by atoms with Gasteiger partial charge in [0, 0.05) is 25.5 Å². The zero-order valence-corrected chi connectivity index (χ0v) is 16.8. The van der Waals surface area contributed by atoms with E-state index in [4.69, 9.17) is 28.4 Å². The van der Waals surface area contributed by atoms with Crippen molar-refractivity contribution in [2.45, 2.75) is 62.7 Å². The topological polar surface area (TPSA) is 89.5 Å². The molecule has 1 aromatic rings. The average Bonchev–Trinajstić information content (AvgIpc) is 2.76. The van der Waals surface area contributed by atoms with Gasteiger partial charge >= 0.3 is 11.9 Å². The van der Waals surface area contributed by atoms with Crippen molar-refractivity contribution in [2.24, 2.45) is 0 Å². The van der Waals surface area contributed by atoms with Crippen LogP contribution in [0.4, 0.5) is 0 Å². The molecule has 0 aromatic heterocycles. The summed E-state index contributed by atoms with van der Waals surface area (Å²) in [5, 5.41) is 0. The Hall–Kier alpha value is -2.26. The molecule has 3 aliphatic rings. The molecule has 0 bridgehead atoms. The van der Waals surface area contributed by atoms with E-state index in [9.17, 15) is 9.59 Å². The number of benzene rings is 1. The molecule has 0 spiro atoms. The molecule has 3 aliphatic heterocycles. The lowest BCUT2D eigenvalue weighted by Gasteiger charge is -2.47. The summed E-state index contributed by atoms with van der Waals surface area (Å²) in [6.07, 6.45) is 0.699. The number of hydrogen-bond acceptors (Lipinski definition) is 8. The number of hydrogen-bond donors (Lipinski definition) is 0. The summed E-state index contributed by atoms with van der Waals surface area (Å²) in [7, 11) is 1.45. The molecule has 0 N–H and O–H groups in total. The van der Waals surface area contributed by atoms with Gasteiger partial charge in [0.2, 0.25) is 0 Å². The normalized spacial score (nSPS) is 35.1. The molecule has 30 heavy (non-hydrogen) atoms. The third kappa shape index (κ3) is 4.73. The first kappa shape index (κ1) is 21.0. The fraction of sp³-hybridized carbons (Fsp3) is 0.545. The Bertz CT molecular complexity index is 764. The molecule has 6 atom stereocenters. The van der Waals surface area contributed by atoms with Gasteiger partial charge in [-0.15, -0.1) is 0 Å². The molecule has 8 heteroatoms. The second-order valence-corrected chi connectivity index (χ2v) is 7.41. The van der Waals surface area contributed by atoms with Crippen LogP contribution in [-0.4, -0.2) is 56.4 Å². The van der Waals surface area contributed by atoms with Crippen LogP contribution < -0.4 is 0 Å². The van der Waals surface area contributed by atoms with Crippen LogP contribution in [-0.2, 0) is 38.0 Å². The second kappa shape index (κ2) is 9.70. The van der Waals surface area contributed by atoms with Gasteiger partial charge in [0.05, 0.1) is 6.61 Å². The fourth-order valence-electron chi connectivity index (χ4n) is 3.83. The molecule has 0 saturated carbocycles. The summed E-state index contributed by atoms with van der Waals surface area (Å²) in [4.78, 5) is 24.9. The minimum atomic E-state index is -0.939. The van der Waals surface area contributed by atoms with Crippen molar-refractivity contribution in [3.05, 3.63) is 48.0 Å². The van der Waals surface area contributed by atoms with Crippen LogP contribution in [0.2, 0.25) is 0 Å². The van der Waals surface area contributed by atoms with E-state index >= 15 is 0 Å². The lowest BCUT2D eigenvalue weighted by Crippen LogP contribution is -2.64. The molecule has 0 radical (unpaired) electrons. The van der Waals surface area contributed by atoms with Crippen LogP contribution in [0.1, 0.15) is 37.5 Å². The summed E-state index contributed by atoms with van der Waals surface area (Å²) >= 11 is 0. The van der Waals surface area contributed by atoms with Gasteiger partial charge in [-0.25, -0.2) is 0 Å². The lowest BCUT2D eigenvalue weighted by atomic mass is 9.97. The number of ether oxygens (including phenoxy) is 6. The molecule has 162 valence electrons. The number of carbonyl (C=O) groups is 2. The fourth-order valence-corrected chi connectivity index (χ4v) is 3.83. The molecule has 1 aromatic carbocycles. The Labute approximate surface area is 175 Å². The molecule has 2 saturated heterocycles. The largest absolute Gasteiger partial charge is 0.455 e. The highest BCUT2D eigenvalue weighted by atomic mass is 16.8. The predicted octanol–water partition coefficient (Wildman–Crippen LogP) is 2.43. The Morgan fingerprint density at radius 1 is 0.867 bits per heavy atom. The summed E-state index contributed by atoms with van der Waals surface area (Å²) in [5.74, 6) is -0.810. The number of fused-ring (bicyclic) bond motifs is 3.